The number of hydrogen-bond acceptors (Lipinski definition) is 2. The van der Waals surface area contributed by atoms with Crippen LogP contribution >= 0.6 is 12.6 Å². The first-order valence-electron chi connectivity index (χ1n) is 2.61. The lowest BCUT2D eigenvalue weighted by atomic mass is 10.3. The number of alkyl halides is 2. The summed E-state index contributed by atoms with van der Waals surface area (Å²) >= 11 is 3.08. The fourth-order valence-electron chi connectivity index (χ4n) is 0.552. The number of rotatable bonds is 1. The summed E-state index contributed by atoms with van der Waals surface area (Å²) in [6.45, 7) is 0. The van der Waals surface area contributed by atoms with Gasteiger partial charge in [0.05, 0.1) is 0 Å². The van der Waals surface area contributed by atoms with Crippen LogP contribution in [0.4, 0.5) is 8.78 Å². The Balaban J connectivity index is 2.97. The van der Waals surface area contributed by atoms with Crippen molar-refractivity contribution in [1.82, 2.24) is 4.98 Å². The van der Waals surface area contributed by atoms with Crippen LogP contribution in [0.2, 0.25) is 0 Å². The molecule has 0 saturated heterocycles. The van der Waals surface area contributed by atoms with Gasteiger partial charge in [-0.3, -0.25) is 4.98 Å². The number of pyridine rings is 1. The predicted octanol–water partition coefficient (Wildman–Crippen LogP) is 2.06. The Labute approximate surface area is 62.5 Å². The molecule has 0 aliphatic rings. The molecule has 0 aliphatic heterocycles. The first kappa shape index (κ1) is 7.47. The van der Waals surface area contributed by atoms with Crippen molar-refractivity contribution in [3.05, 3.63) is 30.1 Å². The Hall–Kier alpha value is -0.640. The molecule has 0 unspecified atom stereocenters. The Kier molecular flexibility index (Phi) is 1.89. The molecule has 1 nitrogen and oxygen atoms in total. The van der Waals surface area contributed by atoms with Gasteiger partial charge in [0.15, 0.2) is 0 Å². The normalized spacial score (nSPS) is 11.5. The van der Waals surface area contributed by atoms with E-state index in [1.807, 2.05) is 0 Å². The lowest BCUT2D eigenvalue weighted by Gasteiger charge is -2.07. The quantitative estimate of drug-likeness (QED) is 0.622. The van der Waals surface area contributed by atoms with Crippen LogP contribution in [0.3, 0.4) is 0 Å². The Morgan fingerprint density at radius 1 is 1.30 bits per heavy atom. The molecule has 0 radical (unpaired) electrons. The van der Waals surface area contributed by atoms with Crippen LogP contribution in [0.1, 0.15) is 5.56 Å². The van der Waals surface area contributed by atoms with Gasteiger partial charge in [-0.05, 0) is 12.1 Å². The van der Waals surface area contributed by atoms with Crippen LogP contribution in [0.15, 0.2) is 24.5 Å². The summed E-state index contributed by atoms with van der Waals surface area (Å²) in [5, 5.41) is -3.05. The fourth-order valence-corrected chi connectivity index (χ4v) is 0.702. The predicted molar refractivity (Wildman–Crippen MR) is 37.1 cm³/mol. The van der Waals surface area contributed by atoms with Crippen LogP contribution in [0.5, 0.6) is 0 Å². The van der Waals surface area contributed by atoms with Gasteiger partial charge in [0.1, 0.15) is 0 Å². The third-order valence-corrected chi connectivity index (χ3v) is 1.29. The highest BCUT2D eigenvalue weighted by molar-refractivity contribution is 7.81. The molecule has 1 heterocycles. The summed E-state index contributed by atoms with van der Waals surface area (Å²) in [4.78, 5) is 3.59. The van der Waals surface area contributed by atoms with Crippen molar-refractivity contribution in [2.75, 3.05) is 0 Å². The topological polar surface area (TPSA) is 12.9 Å². The molecule has 1 rings (SSSR count). The zero-order valence-corrected chi connectivity index (χ0v) is 5.85. The molecule has 0 saturated carbocycles. The molecule has 0 bridgehead atoms. The Bertz CT molecular complexity index is 207. The van der Waals surface area contributed by atoms with Gasteiger partial charge in [-0.1, -0.05) is 0 Å². The highest BCUT2D eigenvalue weighted by Crippen LogP contribution is 2.30. The van der Waals surface area contributed by atoms with Gasteiger partial charge in [0.2, 0.25) is 0 Å². The highest BCUT2D eigenvalue weighted by Gasteiger charge is 2.24. The average molecular weight is 161 g/mol. The summed E-state index contributed by atoms with van der Waals surface area (Å²) in [6.07, 6.45) is 2.61. The first-order valence-corrected chi connectivity index (χ1v) is 3.06. The van der Waals surface area contributed by atoms with Crippen LogP contribution < -0.4 is 0 Å². The molecule has 0 aromatic carbocycles. The van der Waals surface area contributed by atoms with E-state index in [1.54, 1.807) is 0 Å². The second-order valence-corrected chi connectivity index (χ2v) is 2.34. The maximum atomic E-state index is 12.3. The molecule has 1 aromatic heterocycles. The molecular weight excluding hydrogens is 156 g/mol. The summed E-state index contributed by atoms with van der Waals surface area (Å²) in [6, 6.07) is 2.46. The second-order valence-electron chi connectivity index (χ2n) is 1.78. The van der Waals surface area contributed by atoms with Crippen molar-refractivity contribution in [2.45, 2.75) is 5.25 Å². The summed E-state index contributed by atoms with van der Waals surface area (Å²) in [5.41, 5.74) is -0.133. The van der Waals surface area contributed by atoms with Crippen molar-refractivity contribution in [2.24, 2.45) is 0 Å². The fraction of sp³-hybridized carbons (Fsp3) is 0.167. The lowest BCUT2D eigenvalue weighted by molar-refractivity contribution is 0.108. The van der Waals surface area contributed by atoms with Gasteiger partial charge >= 0.3 is 5.25 Å². The third kappa shape index (κ3) is 1.67. The zero-order valence-electron chi connectivity index (χ0n) is 4.96. The zero-order chi connectivity index (χ0) is 7.61. The lowest BCUT2D eigenvalue weighted by Crippen LogP contribution is -2.02. The molecule has 0 spiro atoms. The van der Waals surface area contributed by atoms with Crippen molar-refractivity contribution < 1.29 is 8.78 Å². The molecule has 54 valence electrons. The Morgan fingerprint density at radius 3 is 2.10 bits per heavy atom. The number of aromatic nitrogens is 1. The van der Waals surface area contributed by atoms with Gasteiger partial charge in [0, 0.05) is 18.0 Å². The minimum absolute atomic E-state index is 0.133. The molecular formula is C6H5F2NS. The first-order chi connectivity index (χ1) is 4.61. The minimum Gasteiger partial charge on any atom is -0.265 e. The van der Waals surface area contributed by atoms with Crippen molar-refractivity contribution in [3.8, 4) is 0 Å². The van der Waals surface area contributed by atoms with E-state index in [0.717, 1.165) is 0 Å². The molecule has 0 aliphatic carbocycles. The van der Waals surface area contributed by atoms with Crippen LogP contribution in [-0.2, 0) is 5.25 Å². The standard InChI is InChI=1S/C6H5F2NS/c7-6(8,10)5-1-3-9-4-2-5/h1-4,10H. The third-order valence-electron chi connectivity index (χ3n) is 1.03. The summed E-state index contributed by atoms with van der Waals surface area (Å²) in [5.74, 6) is 0. The molecule has 10 heavy (non-hydrogen) atoms. The van der Waals surface area contributed by atoms with Gasteiger partial charge < -0.3 is 0 Å². The summed E-state index contributed by atoms with van der Waals surface area (Å²) in [7, 11) is 0. The molecule has 0 fully saturated rings. The molecule has 0 atom stereocenters. The smallest absolute Gasteiger partial charge is 0.265 e. The monoisotopic (exact) mass is 161 g/mol. The minimum atomic E-state index is -3.05. The molecule has 1 aromatic rings. The second kappa shape index (κ2) is 2.54. The van der Waals surface area contributed by atoms with E-state index >= 15 is 0 Å². The number of halogens is 2. The van der Waals surface area contributed by atoms with E-state index in [-0.39, 0.29) is 5.56 Å². The molecule has 4 heteroatoms. The van der Waals surface area contributed by atoms with Gasteiger partial charge in [0.25, 0.3) is 0 Å². The van der Waals surface area contributed by atoms with Gasteiger partial charge in [-0.15, -0.1) is 12.6 Å². The maximum Gasteiger partial charge on any atom is 0.316 e. The van der Waals surface area contributed by atoms with E-state index in [1.165, 1.54) is 24.5 Å². The van der Waals surface area contributed by atoms with E-state index in [2.05, 4.69) is 17.6 Å². The van der Waals surface area contributed by atoms with Crippen LogP contribution in [0, 0.1) is 0 Å². The van der Waals surface area contributed by atoms with E-state index in [9.17, 15) is 8.78 Å². The van der Waals surface area contributed by atoms with Crippen LogP contribution in [-0.4, -0.2) is 4.98 Å². The van der Waals surface area contributed by atoms with E-state index in [4.69, 9.17) is 0 Å². The van der Waals surface area contributed by atoms with Gasteiger partial charge in [-0.2, -0.15) is 8.78 Å². The van der Waals surface area contributed by atoms with Crippen molar-refractivity contribution in [1.29, 1.82) is 0 Å². The maximum absolute atomic E-state index is 12.3. The molecule has 0 N–H and O–H groups in total. The summed E-state index contributed by atoms with van der Waals surface area (Å²) < 4.78 is 24.6. The van der Waals surface area contributed by atoms with Crippen molar-refractivity contribution in [3.63, 3.8) is 0 Å². The number of thiol groups is 1. The highest BCUT2D eigenvalue weighted by atomic mass is 32.1. The molecule has 0 amide bonds. The average Bonchev–Trinajstić information content (AvgIpc) is 1.88. The number of nitrogens with zero attached hydrogens (tertiary/aromatic N) is 1. The van der Waals surface area contributed by atoms with E-state index < -0.39 is 5.25 Å². The Morgan fingerprint density at radius 2 is 1.80 bits per heavy atom. The van der Waals surface area contributed by atoms with Gasteiger partial charge in [-0.25, -0.2) is 0 Å². The SMILES string of the molecule is FC(F)(S)c1ccncc1. The van der Waals surface area contributed by atoms with Crippen molar-refractivity contribution >= 4 is 12.6 Å². The van der Waals surface area contributed by atoms with Crippen LogP contribution in [0.25, 0.3) is 0 Å². The number of hydrogen-bond donors (Lipinski definition) is 1. The van der Waals surface area contributed by atoms with E-state index in [0.29, 0.717) is 0 Å². The largest absolute Gasteiger partial charge is 0.316 e.